The third-order valence-electron chi connectivity index (χ3n) is 3.77. The minimum atomic E-state index is -4.92. The van der Waals surface area contributed by atoms with Gasteiger partial charge in [0.15, 0.2) is 0 Å². The molecule has 2 aromatic carbocycles. The topological polar surface area (TPSA) is 38.0 Å². The minimum Gasteiger partial charge on any atom is -0.506 e. The number of alkyl halides is 6. The summed E-state index contributed by atoms with van der Waals surface area (Å²) in [6.45, 7) is -0.573. The second kappa shape index (κ2) is 6.49. The predicted octanol–water partition coefficient (Wildman–Crippen LogP) is 6.13. The Morgan fingerprint density at radius 1 is 0.926 bits per heavy atom. The monoisotopic (exact) mass is 428 g/mol. The van der Waals surface area contributed by atoms with Crippen LogP contribution in [0.1, 0.15) is 17.0 Å². The van der Waals surface area contributed by atoms with E-state index >= 15 is 0 Å². The molecule has 0 aliphatic carbocycles. The van der Waals surface area contributed by atoms with E-state index in [9.17, 15) is 31.4 Å². The van der Waals surface area contributed by atoms with Gasteiger partial charge in [-0.1, -0.05) is 23.2 Å². The number of imidazole rings is 1. The first-order chi connectivity index (χ1) is 12.4. The molecule has 0 aliphatic heterocycles. The number of rotatable bonds is 2. The highest BCUT2D eigenvalue weighted by Gasteiger charge is 2.38. The molecule has 0 spiro atoms. The predicted molar refractivity (Wildman–Crippen MR) is 87.0 cm³/mol. The summed E-state index contributed by atoms with van der Waals surface area (Å²) >= 11 is 11.6. The van der Waals surface area contributed by atoms with E-state index in [4.69, 9.17) is 23.2 Å². The summed E-state index contributed by atoms with van der Waals surface area (Å²) < 4.78 is 79.5. The van der Waals surface area contributed by atoms with Crippen molar-refractivity contribution in [3.8, 4) is 5.75 Å². The summed E-state index contributed by atoms with van der Waals surface area (Å²) in [4.78, 5) is 3.41. The van der Waals surface area contributed by atoms with Gasteiger partial charge in [-0.2, -0.15) is 26.3 Å². The normalized spacial score (nSPS) is 12.7. The molecule has 3 rings (SSSR count). The largest absolute Gasteiger partial charge is 0.506 e. The third kappa shape index (κ3) is 3.79. The molecule has 0 amide bonds. The molecule has 27 heavy (non-hydrogen) atoms. The van der Waals surface area contributed by atoms with Gasteiger partial charge in [0, 0.05) is 5.02 Å². The molecule has 3 aromatic rings. The standard InChI is InChI=1S/C16H8Cl2F6N2O/c17-9-5-10(18)13(27)3-7(9)6-26-12-4-8(15(19,20)21)1-2-11(12)25-14(26)16(22,23)24/h1-5,27H,6H2. The Kier molecular flexibility index (Phi) is 4.72. The molecule has 0 radical (unpaired) electrons. The number of hydrogen-bond donors (Lipinski definition) is 1. The zero-order valence-corrected chi connectivity index (χ0v) is 14.5. The van der Waals surface area contributed by atoms with Gasteiger partial charge in [-0.05, 0) is 35.9 Å². The first-order valence-electron chi connectivity index (χ1n) is 7.19. The van der Waals surface area contributed by atoms with Crippen LogP contribution in [0, 0.1) is 0 Å². The van der Waals surface area contributed by atoms with Crippen LogP contribution in [0.25, 0.3) is 11.0 Å². The zero-order valence-electron chi connectivity index (χ0n) is 13.0. The van der Waals surface area contributed by atoms with Crippen LogP contribution >= 0.6 is 23.2 Å². The molecule has 0 aliphatic rings. The molecule has 0 atom stereocenters. The van der Waals surface area contributed by atoms with Crippen LogP contribution in [0.4, 0.5) is 26.3 Å². The highest BCUT2D eigenvalue weighted by Crippen LogP contribution is 2.37. The van der Waals surface area contributed by atoms with Crippen LogP contribution < -0.4 is 0 Å². The van der Waals surface area contributed by atoms with Crippen molar-refractivity contribution in [1.82, 2.24) is 9.55 Å². The molecule has 11 heteroatoms. The van der Waals surface area contributed by atoms with Gasteiger partial charge in [0.25, 0.3) is 0 Å². The Labute approximate surface area is 157 Å². The lowest BCUT2D eigenvalue weighted by molar-refractivity contribution is -0.146. The number of aromatic nitrogens is 2. The van der Waals surface area contributed by atoms with E-state index in [1.165, 1.54) is 0 Å². The number of fused-ring (bicyclic) bond motifs is 1. The molecule has 0 saturated carbocycles. The first kappa shape index (κ1) is 19.6. The number of nitrogens with zero attached hydrogens (tertiary/aromatic N) is 2. The molecule has 0 fully saturated rings. The highest BCUT2D eigenvalue weighted by molar-refractivity contribution is 6.35. The Morgan fingerprint density at radius 3 is 2.19 bits per heavy atom. The lowest BCUT2D eigenvalue weighted by Crippen LogP contribution is -2.16. The van der Waals surface area contributed by atoms with Crippen molar-refractivity contribution in [2.24, 2.45) is 0 Å². The third-order valence-corrected chi connectivity index (χ3v) is 4.43. The van der Waals surface area contributed by atoms with Crippen LogP contribution in [-0.2, 0) is 18.9 Å². The second-order valence-electron chi connectivity index (χ2n) is 5.62. The second-order valence-corrected chi connectivity index (χ2v) is 6.43. The van der Waals surface area contributed by atoms with E-state index in [1.807, 2.05) is 0 Å². The van der Waals surface area contributed by atoms with E-state index < -0.39 is 36.0 Å². The van der Waals surface area contributed by atoms with E-state index in [1.54, 1.807) is 0 Å². The van der Waals surface area contributed by atoms with E-state index in [2.05, 4.69) is 4.98 Å². The zero-order chi connectivity index (χ0) is 20.1. The van der Waals surface area contributed by atoms with Gasteiger partial charge in [0.1, 0.15) is 5.75 Å². The van der Waals surface area contributed by atoms with Crippen molar-refractivity contribution in [2.75, 3.05) is 0 Å². The molecule has 144 valence electrons. The molecule has 1 aromatic heterocycles. The number of hydrogen-bond acceptors (Lipinski definition) is 2. The molecule has 0 unspecified atom stereocenters. The van der Waals surface area contributed by atoms with Crippen LogP contribution in [0.5, 0.6) is 5.75 Å². The lowest BCUT2D eigenvalue weighted by atomic mass is 10.1. The summed E-state index contributed by atoms with van der Waals surface area (Å²) in [7, 11) is 0. The maximum Gasteiger partial charge on any atom is 0.449 e. The van der Waals surface area contributed by atoms with Gasteiger partial charge in [-0.15, -0.1) is 0 Å². The number of phenolic OH excluding ortho intramolecular Hbond substituents is 1. The number of halogens is 8. The van der Waals surface area contributed by atoms with Gasteiger partial charge >= 0.3 is 12.4 Å². The molecule has 1 N–H and O–H groups in total. The number of benzene rings is 2. The summed E-state index contributed by atoms with van der Waals surface area (Å²) in [5.41, 5.74) is -1.72. The average molecular weight is 429 g/mol. The fraction of sp³-hybridized carbons (Fsp3) is 0.188. The van der Waals surface area contributed by atoms with Gasteiger partial charge in [-0.25, -0.2) is 4.98 Å². The summed E-state index contributed by atoms with van der Waals surface area (Å²) in [6, 6.07) is 4.28. The first-order valence-corrected chi connectivity index (χ1v) is 7.95. The summed E-state index contributed by atoms with van der Waals surface area (Å²) in [5, 5.41) is 9.49. The van der Waals surface area contributed by atoms with Crippen LogP contribution in [-0.4, -0.2) is 14.7 Å². The van der Waals surface area contributed by atoms with Crippen molar-refractivity contribution in [3.63, 3.8) is 0 Å². The van der Waals surface area contributed by atoms with Gasteiger partial charge in [0.2, 0.25) is 5.82 Å². The Morgan fingerprint density at radius 2 is 1.59 bits per heavy atom. The number of aromatic hydroxyl groups is 1. The summed E-state index contributed by atoms with van der Waals surface area (Å²) in [6.07, 6.45) is -9.66. The molecule has 0 saturated heterocycles. The lowest BCUT2D eigenvalue weighted by Gasteiger charge is -2.14. The Bertz CT molecular complexity index is 1030. The fourth-order valence-corrected chi connectivity index (χ4v) is 2.99. The smallest absolute Gasteiger partial charge is 0.449 e. The van der Waals surface area contributed by atoms with Crippen molar-refractivity contribution in [1.29, 1.82) is 0 Å². The Balaban J connectivity index is 2.24. The molecular weight excluding hydrogens is 421 g/mol. The maximum atomic E-state index is 13.4. The van der Waals surface area contributed by atoms with Gasteiger partial charge < -0.3 is 9.67 Å². The fourth-order valence-electron chi connectivity index (χ4n) is 2.55. The van der Waals surface area contributed by atoms with E-state index in [0.29, 0.717) is 16.7 Å². The van der Waals surface area contributed by atoms with E-state index in [0.717, 1.165) is 18.2 Å². The number of phenols is 1. The molecule has 0 bridgehead atoms. The van der Waals surface area contributed by atoms with Gasteiger partial charge in [0.05, 0.1) is 28.2 Å². The average Bonchev–Trinajstić information content (AvgIpc) is 2.90. The van der Waals surface area contributed by atoms with Crippen LogP contribution in [0.15, 0.2) is 30.3 Å². The Hall–Kier alpha value is -2.13. The molecular formula is C16H8Cl2F6N2O. The minimum absolute atomic E-state index is 0.0285. The quantitative estimate of drug-likeness (QED) is 0.498. The van der Waals surface area contributed by atoms with Crippen molar-refractivity contribution >= 4 is 34.2 Å². The van der Waals surface area contributed by atoms with Crippen molar-refractivity contribution in [3.05, 3.63) is 57.3 Å². The molecule has 1 heterocycles. The SMILES string of the molecule is Oc1cc(Cn2c(C(F)(F)F)nc3ccc(C(F)(F)F)cc32)c(Cl)cc1Cl. The van der Waals surface area contributed by atoms with Crippen LogP contribution in [0.3, 0.4) is 0 Å². The van der Waals surface area contributed by atoms with E-state index in [-0.39, 0.29) is 26.6 Å². The van der Waals surface area contributed by atoms with Gasteiger partial charge in [-0.3, -0.25) is 0 Å². The van der Waals surface area contributed by atoms with Crippen molar-refractivity contribution < 1.29 is 31.4 Å². The van der Waals surface area contributed by atoms with Crippen LogP contribution in [0.2, 0.25) is 10.0 Å². The van der Waals surface area contributed by atoms with Crippen molar-refractivity contribution in [2.45, 2.75) is 18.9 Å². The maximum absolute atomic E-state index is 13.4. The highest BCUT2D eigenvalue weighted by atomic mass is 35.5. The summed E-state index contributed by atoms with van der Waals surface area (Å²) in [5.74, 6) is -1.81. The molecule has 3 nitrogen and oxygen atoms in total.